The Hall–Kier alpha value is -1.85. The molecule has 0 unspecified atom stereocenters. The number of hydrogen-bond donors (Lipinski definition) is 0. The van der Waals surface area contributed by atoms with E-state index in [1.165, 1.54) is 5.56 Å². The summed E-state index contributed by atoms with van der Waals surface area (Å²) in [6, 6.07) is 13.1. The van der Waals surface area contributed by atoms with E-state index in [9.17, 15) is 8.42 Å². The first-order valence-corrected chi connectivity index (χ1v) is 9.24. The lowest BCUT2D eigenvalue weighted by molar-refractivity contribution is 0.390. The molecule has 0 atom stereocenters. The Labute approximate surface area is 137 Å². The van der Waals surface area contributed by atoms with Gasteiger partial charge in [-0.2, -0.15) is 4.31 Å². The van der Waals surface area contributed by atoms with Gasteiger partial charge in [0.25, 0.3) is 0 Å². The molecule has 3 rings (SSSR count). The quantitative estimate of drug-likeness (QED) is 0.865. The van der Waals surface area contributed by atoms with Crippen LogP contribution in [0.1, 0.15) is 23.6 Å². The molecule has 122 valence electrons. The largest absolute Gasteiger partial charge is 0.496 e. The van der Waals surface area contributed by atoms with Crippen LogP contribution in [-0.4, -0.2) is 26.4 Å². The Kier molecular flexibility index (Phi) is 4.41. The van der Waals surface area contributed by atoms with Crippen molar-refractivity contribution in [2.45, 2.75) is 31.2 Å². The molecule has 0 N–H and O–H groups in total. The zero-order chi connectivity index (χ0) is 16.4. The second-order valence-corrected chi connectivity index (χ2v) is 7.62. The molecule has 2 aromatic carbocycles. The van der Waals surface area contributed by atoms with Gasteiger partial charge in [-0.15, -0.1) is 0 Å². The van der Waals surface area contributed by atoms with E-state index in [2.05, 4.69) is 6.07 Å². The maximum absolute atomic E-state index is 12.9. The van der Waals surface area contributed by atoms with Gasteiger partial charge in [-0.05, 0) is 47.7 Å². The minimum atomic E-state index is -3.48. The van der Waals surface area contributed by atoms with Crippen molar-refractivity contribution in [2.24, 2.45) is 0 Å². The van der Waals surface area contributed by atoms with Crippen molar-refractivity contribution >= 4 is 10.0 Å². The first-order valence-electron chi connectivity index (χ1n) is 7.80. The van der Waals surface area contributed by atoms with Crippen LogP contribution in [-0.2, 0) is 29.4 Å². The summed E-state index contributed by atoms with van der Waals surface area (Å²) < 4.78 is 32.8. The van der Waals surface area contributed by atoms with Crippen LogP contribution in [0.25, 0.3) is 0 Å². The lowest BCUT2D eigenvalue weighted by Crippen LogP contribution is -2.35. The molecule has 0 aromatic heterocycles. The summed E-state index contributed by atoms with van der Waals surface area (Å²) in [5.41, 5.74) is 3.24. The van der Waals surface area contributed by atoms with Crippen LogP contribution in [0.15, 0.2) is 47.4 Å². The summed E-state index contributed by atoms with van der Waals surface area (Å²) in [6.07, 6.45) is 1.49. The second-order valence-electron chi connectivity index (χ2n) is 5.68. The third kappa shape index (κ3) is 2.99. The van der Waals surface area contributed by atoms with Gasteiger partial charge in [-0.25, -0.2) is 8.42 Å². The standard InChI is InChI=1S/C18H21NO3S/c1-3-14-12-17(8-9-18(14)22-2)23(20,21)19-11-10-15-6-4-5-7-16(15)13-19/h4-9,12H,3,10-11,13H2,1-2H3. The summed E-state index contributed by atoms with van der Waals surface area (Å²) in [7, 11) is -1.88. The molecule has 0 amide bonds. The Balaban J connectivity index is 1.94. The minimum Gasteiger partial charge on any atom is -0.496 e. The maximum Gasteiger partial charge on any atom is 0.243 e. The molecule has 23 heavy (non-hydrogen) atoms. The predicted octanol–water partition coefficient (Wildman–Crippen LogP) is 3.00. The lowest BCUT2D eigenvalue weighted by atomic mass is 10.0. The smallest absolute Gasteiger partial charge is 0.243 e. The van der Waals surface area contributed by atoms with Gasteiger partial charge in [0.1, 0.15) is 5.75 Å². The van der Waals surface area contributed by atoms with Crippen LogP contribution in [0.2, 0.25) is 0 Å². The first-order chi connectivity index (χ1) is 11.1. The molecule has 2 aromatic rings. The average molecular weight is 331 g/mol. The highest BCUT2D eigenvalue weighted by Crippen LogP contribution is 2.28. The van der Waals surface area contributed by atoms with Crippen LogP contribution in [0, 0.1) is 0 Å². The number of benzene rings is 2. The molecule has 0 bridgehead atoms. The van der Waals surface area contributed by atoms with E-state index in [0.717, 1.165) is 29.7 Å². The fourth-order valence-electron chi connectivity index (χ4n) is 3.02. The Morgan fingerprint density at radius 1 is 1.13 bits per heavy atom. The summed E-state index contributed by atoms with van der Waals surface area (Å²) in [6.45, 7) is 2.95. The highest BCUT2D eigenvalue weighted by atomic mass is 32.2. The Morgan fingerprint density at radius 3 is 2.57 bits per heavy atom. The molecule has 0 spiro atoms. The Morgan fingerprint density at radius 2 is 1.87 bits per heavy atom. The monoisotopic (exact) mass is 331 g/mol. The van der Waals surface area contributed by atoms with E-state index in [0.29, 0.717) is 18.0 Å². The molecule has 5 heteroatoms. The van der Waals surface area contributed by atoms with Gasteiger partial charge in [0, 0.05) is 13.1 Å². The minimum absolute atomic E-state index is 0.342. The van der Waals surface area contributed by atoms with Crippen molar-refractivity contribution < 1.29 is 13.2 Å². The van der Waals surface area contributed by atoms with Crippen molar-refractivity contribution in [3.05, 3.63) is 59.2 Å². The van der Waals surface area contributed by atoms with E-state index < -0.39 is 10.0 Å². The van der Waals surface area contributed by atoms with Crippen LogP contribution < -0.4 is 4.74 Å². The predicted molar refractivity (Wildman–Crippen MR) is 90.1 cm³/mol. The topological polar surface area (TPSA) is 46.6 Å². The van der Waals surface area contributed by atoms with Gasteiger partial charge < -0.3 is 4.74 Å². The summed E-state index contributed by atoms with van der Waals surface area (Å²) in [5.74, 6) is 0.732. The normalized spacial score (nSPS) is 15.2. The average Bonchev–Trinajstić information content (AvgIpc) is 2.60. The highest BCUT2D eigenvalue weighted by molar-refractivity contribution is 7.89. The fourth-order valence-corrected chi connectivity index (χ4v) is 4.49. The number of methoxy groups -OCH3 is 1. The molecular formula is C18H21NO3S. The fraction of sp³-hybridized carbons (Fsp3) is 0.333. The third-order valence-electron chi connectivity index (χ3n) is 4.37. The molecule has 0 aliphatic carbocycles. The van der Waals surface area contributed by atoms with Gasteiger partial charge >= 0.3 is 0 Å². The molecule has 0 fully saturated rings. The molecule has 0 radical (unpaired) electrons. The molecule has 0 saturated heterocycles. The van der Waals surface area contributed by atoms with E-state index >= 15 is 0 Å². The number of ether oxygens (including phenoxy) is 1. The summed E-state index contributed by atoms with van der Waals surface area (Å²) in [5, 5.41) is 0. The van der Waals surface area contributed by atoms with Crippen molar-refractivity contribution in [3.8, 4) is 5.75 Å². The molecule has 1 aliphatic rings. The van der Waals surface area contributed by atoms with Gasteiger partial charge in [0.15, 0.2) is 0 Å². The summed E-state index contributed by atoms with van der Waals surface area (Å²) in [4.78, 5) is 0.342. The van der Waals surface area contributed by atoms with Crippen LogP contribution >= 0.6 is 0 Å². The van der Waals surface area contributed by atoms with Crippen molar-refractivity contribution in [2.75, 3.05) is 13.7 Å². The molecule has 1 heterocycles. The number of sulfonamides is 1. The van der Waals surface area contributed by atoms with E-state index in [1.54, 1.807) is 29.6 Å². The number of rotatable bonds is 4. The number of aryl methyl sites for hydroxylation is 1. The number of fused-ring (bicyclic) bond motifs is 1. The van der Waals surface area contributed by atoms with E-state index in [-0.39, 0.29) is 0 Å². The van der Waals surface area contributed by atoms with Crippen LogP contribution in [0.4, 0.5) is 0 Å². The maximum atomic E-state index is 12.9. The first kappa shape index (κ1) is 16.0. The number of hydrogen-bond acceptors (Lipinski definition) is 3. The second kappa shape index (κ2) is 6.34. The van der Waals surface area contributed by atoms with Crippen molar-refractivity contribution in [3.63, 3.8) is 0 Å². The van der Waals surface area contributed by atoms with E-state index in [4.69, 9.17) is 4.74 Å². The molecule has 4 nitrogen and oxygen atoms in total. The zero-order valence-electron chi connectivity index (χ0n) is 13.5. The summed E-state index contributed by atoms with van der Waals surface area (Å²) >= 11 is 0. The third-order valence-corrected chi connectivity index (χ3v) is 6.21. The van der Waals surface area contributed by atoms with Crippen molar-refractivity contribution in [1.82, 2.24) is 4.31 Å². The van der Waals surface area contributed by atoms with E-state index in [1.807, 2.05) is 25.1 Å². The van der Waals surface area contributed by atoms with Gasteiger partial charge in [0.2, 0.25) is 10.0 Å². The van der Waals surface area contributed by atoms with Gasteiger partial charge in [-0.1, -0.05) is 31.2 Å². The van der Waals surface area contributed by atoms with Gasteiger partial charge in [0.05, 0.1) is 12.0 Å². The Bertz CT molecular complexity index is 815. The zero-order valence-corrected chi connectivity index (χ0v) is 14.3. The van der Waals surface area contributed by atoms with Crippen molar-refractivity contribution in [1.29, 1.82) is 0 Å². The molecule has 1 aliphatic heterocycles. The number of nitrogens with zero attached hydrogens (tertiary/aromatic N) is 1. The van der Waals surface area contributed by atoms with Crippen LogP contribution in [0.3, 0.4) is 0 Å². The highest BCUT2D eigenvalue weighted by Gasteiger charge is 2.28. The molecule has 0 saturated carbocycles. The lowest BCUT2D eigenvalue weighted by Gasteiger charge is -2.28. The van der Waals surface area contributed by atoms with Crippen LogP contribution in [0.5, 0.6) is 5.75 Å². The molecular weight excluding hydrogens is 310 g/mol. The van der Waals surface area contributed by atoms with Gasteiger partial charge in [-0.3, -0.25) is 0 Å². The SMILES string of the molecule is CCc1cc(S(=O)(=O)N2CCc3ccccc3C2)ccc1OC.